The molecule has 0 amide bonds. The number of nitrogens with zero attached hydrogens (tertiary/aromatic N) is 1. The molecule has 0 N–H and O–H groups in total. The summed E-state index contributed by atoms with van der Waals surface area (Å²) in [5.74, 6) is -1.24. The smallest absolute Gasteiger partial charge is 0.310 e. The summed E-state index contributed by atoms with van der Waals surface area (Å²) in [6.07, 6.45) is -0.305. The maximum atomic E-state index is 13.5. The fourth-order valence-electron chi connectivity index (χ4n) is 1.40. The zero-order chi connectivity index (χ0) is 13.0. The van der Waals surface area contributed by atoms with Gasteiger partial charge in [-0.25, -0.2) is 4.39 Å². The predicted molar refractivity (Wildman–Crippen MR) is 58.1 cm³/mol. The molecule has 6 heteroatoms. The topological polar surface area (TPSA) is 69.4 Å². The van der Waals surface area contributed by atoms with Crippen LogP contribution < -0.4 is 0 Å². The minimum Gasteiger partial charge on any atom is -0.466 e. The molecule has 0 fully saturated rings. The first kappa shape index (κ1) is 13.1. The number of rotatable bonds is 4. The molecule has 0 aromatic heterocycles. The zero-order valence-corrected chi connectivity index (χ0v) is 9.53. The molecular weight excluding hydrogens is 229 g/mol. The van der Waals surface area contributed by atoms with Crippen LogP contribution in [0.3, 0.4) is 0 Å². The van der Waals surface area contributed by atoms with Crippen molar-refractivity contribution in [3.8, 4) is 0 Å². The number of carbonyl (C=O) groups excluding carboxylic acids is 1. The number of carbonyl (C=O) groups is 1. The first-order valence-electron chi connectivity index (χ1n) is 5.04. The minimum atomic E-state index is -0.638. The molecule has 92 valence electrons. The van der Waals surface area contributed by atoms with Gasteiger partial charge in [0, 0.05) is 17.2 Å². The van der Waals surface area contributed by atoms with Crippen LogP contribution >= 0.6 is 0 Å². The molecule has 0 aliphatic heterocycles. The van der Waals surface area contributed by atoms with Gasteiger partial charge in [0.2, 0.25) is 0 Å². The van der Waals surface area contributed by atoms with Gasteiger partial charge in [-0.1, -0.05) is 0 Å². The number of nitro benzene ring substituents is 1. The van der Waals surface area contributed by atoms with E-state index in [9.17, 15) is 19.3 Å². The summed E-state index contributed by atoms with van der Waals surface area (Å²) in [7, 11) is 0. The lowest BCUT2D eigenvalue weighted by molar-refractivity contribution is -0.385. The van der Waals surface area contributed by atoms with E-state index in [0.29, 0.717) is 0 Å². The Morgan fingerprint density at radius 3 is 2.71 bits per heavy atom. The molecule has 0 heterocycles. The van der Waals surface area contributed by atoms with Gasteiger partial charge in [-0.2, -0.15) is 0 Å². The second-order valence-corrected chi connectivity index (χ2v) is 3.47. The fraction of sp³-hybridized carbons (Fsp3) is 0.364. The lowest BCUT2D eigenvalue weighted by atomic mass is 10.1. The molecule has 0 aliphatic rings. The van der Waals surface area contributed by atoms with E-state index in [1.165, 1.54) is 6.92 Å². The molecule has 0 saturated heterocycles. The van der Waals surface area contributed by atoms with Crippen molar-refractivity contribution in [2.24, 2.45) is 0 Å². The Hall–Kier alpha value is -1.98. The molecule has 5 nitrogen and oxygen atoms in total. The van der Waals surface area contributed by atoms with Gasteiger partial charge in [0.15, 0.2) is 0 Å². The molecule has 1 aromatic carbocycles. The van der Waals surface area contributed by atoms with E-state index in [0.717, 1.165) is 12.1 Å². The standard InChI is InChI=1S/C11H12FNO4/c1-3-17-11(14)6-8-5-10(13(15)16)7(2)4-9(8)12/h4-5H,3,6H2,1-2H3. The summed E-state index contributed by atoms with van der Waals surface area (Å²) >= 11 is 0. The molecule has 0 saturated carbocycles. The first-order valence-corrected chi connectivity index (χ1v) is 5.04. The number of benzene rings is 1. The first-order chi connectivity index (χ1) is 7.95. The van der Waals surface area contributed by atoms with E-state index in [-0.39, 0.29) is 29.8 Å². The summed E-state index contributed by atoms with van der Waals surface area (Å²) in [6, 6.07) is 2.12. The monoisotopic (exact) mass is 241 g/mol. The van der Waals surface area contributed by atoms with Crippen LogP contribution in [0, 0.1) is 22.9 Å². The average molecular weight is 241 g/mol. The van der Waals surface area contributed by atoms with E-state index < -0.39 is 16.7 Å². The molecule has 1 aromatic rings. The van der Waals surface area contributed by atoms with Gasteiger partial charge in [-0.15, -0.1) is 0 Å². The number of aryl methyl sites for hydroxylation is 1. The van der Waals surface area contributed by atoms with Crippen molar-refractivity contribution >= 4 is 11.7 Å². The third kappa shape index (κ3) is 3.24. The number of halogens is 1. The largest absolute Gasteiger partial charge is 0.466 e. The summed E-state index contributed by atoms with van der Waals surface area (Å²) in [6.45, 7) is 3.26. The Morgan fingerprint density at radius 2 is 2.18 bits per heavy atom. The van der Waals surface area contributed by atoms with Gasteiger partial charge in [-0.05, 0) is 19.9 Å². The summed E-state index contributed by atoms with van der Waals surface area (Å²) in [4.78, 5) is 21.2. The van der Waals surface area contributed by atoms with Crippen LogP contribution in [0.2, 0.25) is 0 Å². The van der Waals surface area contributed by atoms with Crippen LogP contribution in [0.15, 0.2) is 12.1 Å². The SMILES string of the molecule is CCOC(=O)Cc1cc([N+](=O)[O-])c(C)cc1F. The van der Waals surface area contributed by atoms with Crippen LogP contribution in [0.5, 0.6) is 0 Å². The van der Waals surface area contributed by atoms with E-state index in [1.54, 1.807) is 6.92 Å². The molecular formula is C11H12FNO4. The van der Waals surface area contributed by atoms with Crippen molar-refractivity contribution in [2.75, 3.05) is 6.61 Å². The van der Waals surface area contributed by atoms with Gasteiger partial charge in [0.25, 0.3) is 5.69 Å². The highest BCUT2D eigenvalue weighted by Crippen LogP contribution is 2.22. The van der Waals surface area contributed by atoms with Crippen molar-refractivity contribution in [2.45, 2.75) is 20.3 Å². The predicted octanol–water partition coefficient (Wildman–Crippen LogP) is 2.15. The summed E-state index contributed by atoms with van der Waals surface area (Å²) in [5.41, 5.74) is -0.00782. The number of esters is 1. The highest BCUT2D eigenvalue weighted by molar-refractivity contribution is 5.73. The van der Waals surface area contributed by atoms with Crippen LogP contribution in [-0.4, -0.2) is 17.5 Å². The second-order valence-electron chi connectivity index (χ2n) is 3.47. The highest BCUT2D eigenvalue weighted by atomic mass is 19.1. The summed E-state index contributed by atoms with van der Waals surface area (Å²) < 4.78 is 18.1. The Morgan fingerprint density at radius 1 is 1.53 bits per heavy atom. The lowest BCUT2D eigenvalue weighted by Crippen LogP contribution is -2.09. The van der Waals surface area contributed by atoms with Crippen molar-refractivity contribution in [1.29, 1.82) is 0 Å². The maximum absolute atomic E-state index is 13.5. The molecule has 17 heavy (non-hydrogen) atoms. The fourth-order valence-corrected chi connectivity index (χ4v) is 1.40. The van der Waals surface area contributed by atoms with Crippen molar-refractivity contribution in [3.05, 3.63) is 39.2 Å². The normalized spacial score (nSPS) is 10.1. The van der Waals surface area contributed by atoms with Gasteiger partial charge < -0.3 is 4.74 Å². The third-order valence-electron chi connectivity index (χ3n) is 2.20. The van der Waals surface area contributed by atoms with Crippen LogP contribution in [0.25, 0.3) is 0 Å². The maximum Gasteiger partial charge on any atom is 0.310 e. The second kappa shape index (κ2) is 5.38. The molecule has 0 atom stereocenters. The number of hydrogen-bond donors (Lipinski definition) is 0. The van der Waals surface area contributed by atoms with Crippen LogP contribution in [0.1, 0.15) is 18.1 Å². The molecule has 0 unspecified atom stereocenters. The van der Waals surface area contributed by atoms with Crippen molar-refractivity contribution in [3.63, 3.8) is 0 Å². The van der Waals surface area contributed by atoms with E-state index in [2.05, 4.69) is 4.74 Å². The zero-order valence-electron chi connectivity index (χ0n) is 9.53. The number of hydrogen-bond acceptors (Lipinski definition) is 4. The average Bonchev–Trinajstić information content (AvgIpc) is 2.21. The molecule has 0 bridgehead atoms. The number of ether oxygens (including phenoxy) is 1. The quantitative estimate of drug-likeness (QED) is 0.460. The van der Waals surface area contributed by atoms with Gasteiger partial charge in [-0.3, -0.25) is 14.9 Å². The Bertz CT molecular complexity index is 459. The lowest BCUT2D eigenvalue weighted by Gasteiger charge is -2.05. The van der Waals surface area contributed by atoms with Crippen LogP contribution in [-0.2, 0) is 16.0 Å². The highest BCUT2D eigenvalue weighted by Gasteiger charge is 2.17. The van der Waals surface area contributed by atoms with Gasteiger partial charge >= 0.3 is 5.97 Å². The summed E-state index contributed by atoms with van der Waals surface area (Å²) in [5, 5.41) is 10.7. The molecule has 0 radical (unpaired) electrons. The van der Waals surface area contributed by atoms with Crippen LogP contribution in [0.4, 0.5) is 10.1 Å². The molecule has 0 spiro atoms. The Labute approximate surface area is 97.3 Å². The Kier molecular flexibility index (Phi) is 4.14. The molecule has 1 rings (SSSR count). The number of nitro groups is 1. The minimum absolute atomic E-state index is 0.0271. The van der Waals surface area contributed by atoms with Gasteiger partial charge in [0.05, 0.1) is 18.0 Å². The van der Waals surface area contributed by atoms with E-state index in [1.807, 2.05) is 0 Å². The van der Waals surface area contributed by atoms with E-state index in [4.69, 9.17) is 0 Å². The van der Waals surface area contributed by atoms with Crippen molar-refractivity contribution < 1.29 is 18.8 Å². The Balaban J connectivity index is 3.03. The van der Waals surface area contributed by atoms with Gasteiger partial charge in [0.1, 0.15) is 5.82 Å². The van der Waals surface area contributed by atoms with E-state index >= 15 is 0 Å². The van der Waals surface area contributed by atoms with Crippen molar-refractivity contribution in [1.82, 2.24) is 0 Å². The molecule has 0 aliphatic carbocycles. The third-order valence-corrected chi connectivity index (χ3v) is 2.20.